The third-order valence-corrected chi connectivity index (χ3v) is 4.33. The maximum atomic E-state index is 11.8. The third-order valence-electron chi connectivity index (χ3n) is 4.10. The summed E-state index contributed by atoms with van der Waals surface area (Å²) in [6, 6.07) is 5.57. The van der Waals surface area contributed by atoms with Crippen LogP contribution < -0.4 is 10.1 Å². The molecule has 0 aromatic heterocycles. The minimum absolute atomic E-state index is 0.109. The van der Waals surface area contributed by atoms with Gasteiger partial charge in [-0.25, -0.2) is 0 Å². The number of amides is 1. The van der Waals surface area contributed by atoms with Crippen LogP contribution in [0.5, 0.6) is 5.75 Å². The van der Waals surface area contributed by atoms with Crippen LogP contribution in [0.3, 0.4) is 0 Å². The van der Waals surface area contributed by atoms with E-state index in [0.717, 1.165) is 30.7 Å². The molecule has 23 heavy (non-hydrogen) atoms. The lowest BCUT2D eigenvalue weighted by atomic mass is 9.97. The van der Waals surface area contributed by atoms with Crippen molar-refractivity contribution in [2.45, 2.75) is 51.9 Å². The second kappa shape index (κ2) is 9.61. The van der Waals surface area contributed by atoms with Crippen molar-refractivity contribution in [3.8, 4) is 5.75 Å². The molecule has 2 rings (SSSR count). The molecule has 3 nitrogen and oxygen atoms in total. The SMILES string of the molecule is Cc1cc(Cl)ccc1OCCCC(=O)NCCC1=CCCCC1. The van der Waals surface area contributed by atoms with Gasteiger partial charge in [0.1, 0.15) is 5.75 Å². The van der Waals surface area contributed by atoms with Gasteiger partial charge >= 0.3 is 0 Å². The first kappa shape index (κ1) is 17.9. The van der Waals surface area contributed by atoms with E-state index >= 15 is 0 Å². The zero-order valence-electron chi connectivity index (χ0n) is 13.9. The van der Waals surface area contributed by atoms with Crippen LogP contribution in [-0.4, -0.2) is 19.1 Å². The molecule has 1 aliphatic rings. The number of ether oxygens (including phenoxy) is 1. The van der Waals surface area contributed by atoms with E-state index in [9.17, 15) is 4.79 Å². The van der Waals surface area contributed by atoms with Gasteiger partial charge in [-0.15, -0.1) is 0 Å². The van der Waals surface area contributed by atoms with Crippen LogP contribution in [0, 0.1) is 6.92 Å². The summed E-state index contributed by atoms with van der Waals surface area (Å²) >= 11 is 5.91. The highest BCUT2D eigenvalue weighted by Gasteiger charge is 2.06. The molecule has 1 aromatic carbocycles. The maximum absolute atomic E-state index is 11.8. The number of benzene rings is 1. The lowest BCUT2D eigenvalue weighted by molar-refractivity contribution is -0.121. The Balaban J connectivity index is 1.56. The van der Waals surface area contributed by atoms with Gasteiger partial charge in [0, 0.05) is 18.0 Å². The van der Waals surface area contributed by atoms with Gasteiger partial charge in [-0.05, 0) is 69.2 Å². The number of hydrogen-bond acceptors (Lipinski definition) is 2. The Bertz CT molecular complexity index is 554. The predicted molar refractivity (Wildman–Crippen MR) is 95.1 cm³/mol. The number of allylic oxidation sites excluding steroid dienone is 1. The smallest absolute Gasteiger partial charge is 0.220 e. The first-order valence-corrected chi connectivity index (χ1v) is 8.86. The van der Waals surface area contributed by atoms with E-state index < -0.39 is 0 Å². The number of rotatable bonds is 8. The molecule has 0 fully saturated rings. The minimum atomic E-state index is 0.109. The Morgan fingerprint density at radius 3 is 2.96 bits per heavy atom. The summed E-state index contributed by atoms with van der Waals surface area (Å²) in [4.78, 5) is 11.8. The molecule has 4 heteroatoms. The summed E-state index contributed by atoms with van der Waals surface area (Å²) in [6.45, 7) is 3.26. The predicted octanol–water partition coefficient (Wildman–Crippen LogP) is 4.81. The van der Waals surface area contributed by atoms with Gasteiger partial charge in [-0.3, -0.25) is 4.79 Å². The van der Waals surface area contributed by atoms with Crippen LogP contribution in [0.25, 0.3) is 0 Å². The zero-order chi connectivity index (χ0) is 16.5. The van der Waals surface area contributed by atoms with Gasteiger partial charge in [0.25, 0.3) is 0 Å². The van der Waals surface area contributed by atoms with Crippen LogP contribution in [0.15, 0.2) is 29.8 Å². The van der Waals surface area contributed by atoms with Crippen molar-refractivity contribution in [2.24, 2.45) is 0 Å². The summed E-state index contributed by atoms with van der Waals surface area (Å²) in [6.07, 6.45) is 9.55. The lowest BCUT2D eigenvalue weighted by Crippen LogP contribution is -2.25. The third kappa shape index (κ3) is 6.66. The van der Waals surface area contributed by atoms with Crippen LogP contribution in [0.2, 0.25) is 5.02 Å². The topological polar surface area (TPSA) is 38.3 Å². The molecule has 1 aromatic rings. The van der Waals surface area contributed by atoms with Gasteiger partial charge in [-0.1, -0.05) is 23.3 Å². The fourth-order valence-electron chi connectivity index (χ4n) is 2.77. The summed E-state index contributed by atoms with van der Waals surface area (Å²) in [5, 5.41) is 3.71. The van der Waals surface area contributed by atoms with Crippen LogP contribution in [-0.2, 0) is 4.79 Å². The van der Waals surface area contributed by atoms with E-state index in [4.69, 9.17) is 16.3 Å². The Morgan fingerprint density at radius 2 is 2.22 bits per heavy atom. The van der Waals surface area contributed by atoms with E-state index in [1.54, 1.807) is 0 Å². The van der Waals surface area contributed by atoms with Crippen molar-refractivity contribution < 1.29 is 9.53 Å². The largest absolute Gasteiger partial charge is 0.493 e. The number of aryl methyl sites for hydroxylation is 1. The number of carbonyl (C=O) groups is 1. The number of hydrogen-bond donors (Lipinski definition) is 1. The van der Waals surface area contributed by atoms with E-state index in [1.807, 2.05) is 25.1 Å². The Hall–Kier alpha value is -1.48. The summed E-state index contributed by atoms with van der Waals surface area (Å²) < 4.78 is 5.69. The molecule has 1 amide bonds. The average Bonchev–Trinajstić information content (AvgIpc) is 2.54. The molecule has 0 radical (unpaired) electrons. The van der Waals surface area contributed by atoms with Gasteiger partial charge in [0.2, 0.25) is 5.91 Å². The molecule has 1 N–H and O–H groups in total. The van der Waals surface area contributed by atoms with Crippen LogP contribution in [0.1, 0.15) is 50.5 Å². The summed E-state index contributed by atoms with van der Waals surface area (Å²) in [7, 11) is 0. The molecule has 0 unspecified atom stereocenters. The number of nitrogens with one attached hydrogen (secondary N) is 1. The molecule has 0 bridgehead atoms. The molecule has 0 spiro atoms. The first-order valence-electron chi connectivity index (χ1n) is 8.49. The van der Waals surface area contributed by atoms with Crippen molar-refractivity contribution >= 4 is 17.5 Å². The monoisotopic (exact) mass is 335 g/mol. The Labute approximate surface area is 144 Å². The second-order valence-electron chi connectivity index (χ2n) is 6.07. The molecule has 0 saturated carbocycles. The fourth-order valence-corrected chi connectivity index (χ4v) is 3.00. The van der Waals surface area contributed by atoms with Crippen LogP contribution in [0.4, 0.5) is 0 Å². The van der Waals surface area contributed by atoms with E-state index in [1.165, 1.54) is 31.3 Å². The highest BCUT2D eigenvalue weighted by molar-refractivity contribution is 6.30. The van der Waals surface area contributed by atoms with Crippen molar-refractivity contribution in [3.63, 3.8) is 0 Å². The molecule has 0 saturated heterocycles. The molecule has 0 heterocycles. The minimum Gasteiger partial charge on any atom is -0.493 e. The molecule has 1 aliphatic carbocycles. The highest BCUT2D eigenvalue weighted by Crippen LogP contribution is 2.22. The van der Waals surface area contributed by atoms with Crippen molar-refractivity contribution in [1.82, 2.24) is 5.32 Å². The van der Waals surface area contributed by atoms with Gasteiger partial charge in [-0.2, -0.15) is 0 Å². The van der Waals surface area contributed by atoms with Crippen LogP contribution >= 0.6 is 11.6 Å². The van der Waals surface area contributed by atoms with Crippen molar-refractivity contribution in [1.29, 1.82) is 0 Å². The summed E-state index contributed by atoms with van der Waals surface area (Å²) in [5.74, 6) is 0.942. The normalized spacial score (nSPS) is 14.3. The molecule has 0 atom stereocenters. The van der Waals surface area contributed by atoms with Crippen molar-refractivity contribution in [3.05, 3.63) is 40.4 Å². The summed E-state index contributed by atoms with van der Waals surface area (Å²) in [5.41, 5.74) is 2.51. The number of carbonyl (C=O) groups excluding carboxylic acids is 1. The van der Waals surface area contributed by atoms with Gasteiger partial charge < -0.3 is 10.1 Å². The standard InChI is InChI=1S/C19H26ClNO2/c1-15-14-17(20)9-10-18(15)23-13-5-8-19(22)21-12-11-16-6-3-2-4-7-16/h6,9-10,14H,2-5,7-8,11-13H2,1H3,(H,21,22). The number of halogens is 1. The Morgan fingerprint density at radius 1 is 1.35 bits per heavy atom. The van der Waals surface area contributed by atoms with E-state index in [2.05, 4.69) is 11.4 Å². The zero-order valence-corrected chi connectivity index (χ0v) is 14.6. The lowest BCUT2D eigenvalue weighted by Gasteiger charge is -2.13. The molecule has 126 valence electrons. The van der Waals surface area contributed by atoms with E-state index in [-0.39, 0.29) is 5.91 Å². The average molecular weight is 336 g/mol. The highest BCUT2D eigenvalue weighted by atomic mass is 35.5. The molecular weight excluding hydrogens is 310 g/mol. The molecule has 0 aliphatic heterocycles. The van der Waals surface area contributed by atoms with Gasteiger partial charge in [0.05, 0.1) is 6.61 Å². The van der Waals surface area contributed by atoms with Gasteiger partial charge in [0.15, 0.2) is 0 Å². The maximum Gasteiger partial charge on any atom is 0.220 e. The Kier molecular flexibility index (Phi) is 7.47. The van der Waals surface area contributed by atoms with Crippen molar-refractivity contribution in [2.75, 3.05) is 13.2 Å². The van der Waals surface area contributed by atoms with E-state index in [0.29, 0.717) is 18.1 Å². The molecular formula is C19H26ClNO2. The second-order valence-corrected chi connectivity index (χ2v) is 6.51. The fraction of sp³-hybridized carbons (Fsp3) is 0.526. The first-order chi connectivity index (χ1) is 11.1. The quantitative estimate of drug-likeness (QED) is 0.546.